The Labute approximate surface area is 144 Å². The topological polar surface area (TPSA) is 58.1 Å². The summed E-state index contributed by atoms with van der Waals surface area (Å²) in [5, 5.41) is 3.24. The molecule has 1 aliphatic heterocycles. The van der Waals surface area contributed by atoms with E-state index in [9.17, 15) is 9.18 Å². The maximum Gasteiger partial charge on any atom is 0.224 e. The van der Waals surface area contributed by atoms with Crippen LogP contribution in [0.25, 0.3) is 0 Å². The maximum atomic E-state index is 13.8. The van der Waals surface area contributed by atoms with E-state index in [1.807, 2.05) is 0 Å². The van der Waals surface area contributed by atoms with Crippen LogP contribution in [0.15, 0.2) is 36.8 Å². The van der Waals surface area contributed by atoms with Gasteiger partial charge in [-0.2, -0.15) is 0 Å². The van der Waals surface area contributed by atoms with Crippen LogP contribution in [0.1, 0.15) is 18.4 Å². The zero-order valence-corrected chi connectivity index (χ0v) is 13.8. The molecule has 24 heavy (non-hydrogen) atoms. The van der Waals surface area contributed by atoms with Crippen molar-refractivity contribution in [1.29, 1.82) is 0 Å². The second-order valence-corrected chi connectivity index (χ2v) is 6.20. The van der Waals surface area contributed by atoms with E-state index >= 15 is 0 Å². The van der Waals surface area contributed by atoms with E-state index in [-0.39, 0.29) is 29.0 Å². The Hall–Kier alpha value is -2.21. The largest absolute Gasteiger partial charge is 0.353 e. The van der Waals surface area contributed by atoms with Gasteiger partial charge in [-0.05, 0) is 25.0 Å². The van der Waals surface area contributed by atoms with Gasteiger partial charge in [0.05, 0.1) is 12.6 Å². The molecule has 1 N–H and O–H groups in total. The minimum atomic E-state index is -0.456. The number of piperidine rings is 1. The van der Waals surface area contributed by atoms with E-state index in [0.29, 0.717) is 6.54 Å². The van der Waals surface area contributed by atoms with Gasteiger partial charge in [0.2, 0.25) is 5.91 Å². The quantitative estimate of drug-likeness (QED) is 0.922. The molecule has 1 aromatic heterocycles. The van der Waals surface area contributed by atoms with Gasteiger partial charge in [0.15, 0.2) is 0 Å². The summed E-state index contributed by atoms with van der Waals surface area (Å²) in [6.07, 6.45) is 6.76. The van der Waals surface area contributed by atoms with Crippen LogP contribution in [-0.2, 0) is 11.2 Å². The van der Waals surface area contributed by atoms with Crippen molar-refractivity contribution in [1.82, 2.24) is 15.3 Å². The molecule has 0 bridgehead atoms. The number of halogens is 2. The highest BCUT2D eigenvalue weighted by Crippen LogP contribution is 2.20. The van der Waals surface area contributed by atoms with Crippen molar-refractivity contribution in [2.24, 2.45) is 0 Å². The highest BCUT2D eigenvalue weighted by molar-refractivity contribution is 6.31. The molecule has 2 aromatic rings. The van der Waals surface area contributed by atoms with Crippen molar-refractivity contribution in [2.75, 3.05) is 18.0 Å². The zero-order valence-electron chi connectivity index (χ0n) is 13.1. The summed E-state index contributed by atoms with van der Waals surface area (Å²) in [5.41, 5.74) is 0.234. The second kappa shape index (κ2) is 7.57. The normalized spacial score (nSPS) is 17.6. The summed E-state index contributed by atoms with van der Waals surface area (Å²) in [6, 6.07) is 4.42. The lowest BCUT2D eigenvalue weighted by molar-refractivity contribution is -0.121. The third kappa shape index (κ3) is 4.00. The van der Waals surface area contributed by atoms with E-state index < -0.39 is 5.82 Å². The highest BCUT2D eigenvalue weighted by Gasteiger charge is 2.23. The molecule has 1 amide bonds. The first-order valence-corrected chi connectivity index (χ1v) is 8.24. The molecular formula is C17H18ClFN4O. The summed E-state index contributed by atoms with van der Waals surface area (Å²) in [6.45, 7) is 1.54. The molecule has 5 nitrogen and oxygen atoms in total. The van der Waals surface area contributed by atoms with Crippen LogP contribution in [0.2, 0.25) is 5.02 Å². The van der Waals surface area contributed by atoms with E-state index in [4.69, 9.17) is 11.6 Å². The molecule has 1 aliphatic rings. The summed E-state index contributed by atoms with van der Waals surface area (Å²) in [7, 11) is 0. The Bertz CT molecular complexity index is 693. The first-order chi connectivity index (χ1) is 11.6. The molecule has 1 unspecified atom stereocenters. The number of nitrogens with zero attached hydrogens (tertiary/aromatic N) is 3. The van der Waals surface area contributed by atoms with E-state index in [0.717, 1.165) is 25.2 Å². The van der Waals surface area contributed by atoms with Crippen molar-refractivity contribution in [3.05, 3.63) is 53.2 Å². The average Bonchev–Trinajstić information content (AvgIpc) is 2.59. The predicted molar refractivity (Wildman–Crippen MR) is 90.5 cm³/mol. The Morgan fingerprint density at radius 1 is 1.42 bits per heavy atom. The summed E-state index contributed by atoms with van der Waals surface area (Å²) in [4.78, 5) is 22.7. The molecule has 1 aromatic carbocycles. The van der Waals surface area contributed by atoms with Gasteiger partial charge in [-0.25, -0.2) is 9.37 Å². The molecule has 0 aliphatic carbocycles. The molecule has 0 saturated carbocycles. The smallest absolute Gasteiger partial charge is 0.224 e. The van der Waals surface area contributed by atoms with Crippen LogP contribution in [-0.4, -0.2) is 35.0 Å². The SMILES string of the molecule is O=C(Cc1c(F)cccc1Cl)NC1CCCN(c2cnccn2)C1. The fraction of sp³-hybridized carbons (Fsp3) is 0.353. The lowest BCUT2D eigenvalue weighted by atomic mass is 10.0. The number of amides is 1. The average molecular weight is 349 g/mol. The summed E-state index contributed by atoms with van der Waals surface area (Å²) >= 11 is 5.98. The molecule has 7 heteroatoms. The van der Waals surface area contributed by atoms with Gasteiger partial charge < -0.3 is 10.2 Å². The third-order valence-electron chi connectivity index (χ3n) is 4.06. The van der Waals surface area contributed by atoms with E-state index in [1.54, 1.807) is 24.7 Å². The van der Waals surface area contributed by atoms with Crippen molar-refractivity contribution in [3.63, 3.8) is 0 Å². The molecule has 0 spiro atoms. The maximum absolute atomic E-state index is 13.8. The van der Waals surface area contributed by atoms with Crippen LogP contribution in [0.3, 0.4) is 0 Å². The lowest BCUT2D eigenvalue weighted by Crippen LogP contribution is -2.48. The number of rotatable bonds is 4. The van der Waals surface area contributed by atoms with Crippen LogP contribution >= 0.6 is 11.6 Å². The van der Waals surface area contributed by atoms with Gasteiger partial charge >= 0.3 is 0 Å². The van der Waals surface area contributed by atoms with Crippen LogP contribution in [0.4, 0.5) is 10.2 Å². The number of hydrogen-bond acceptors (Lipinski definition) is 4. The van der Waals surface area contributed by atoms with Gasteiger partial charge in [-0.3, -0.25) is 9.78 Å². The Kier molecular flexibility index (Phi) is 5.25. The molecule has 1 saturated heterocycles. The summed E-state index contributed by atoms with van der Waals surface area (Å²) < 4.78 is 13.8. The van der Waals surface area contributed by atoms with Crippen molar-refractivity contribution in [2.45, 2.75) is 25.3 Å². The third-order valence-corrected chi connectivity index (χ3v) is 4.41. The molecule has 3 rings (SSSR count). The van der Waals surface area contributed by atoms with Gasteiger partial charge in [0.25, 0.3) is 0 Å². The molecule has 1 fully saturated rings. The number of carbonyl (C=O) groups excluding carboxylic acids is 1. The van der Waals surface area contributed by atoms with Crippen LogP contribution in [0, 0.1) is 5.82 Å². The van der Waals surface area contributed by atoms with Crippen molar-refractivity contribution < 1.29 is 9.18 Å². The monoisotopic (exact) mass is 348 g/mol. The van der Waals surface area contributed by atoms with E-state index in [1.165, 1.54) is 12.1 Å². The van der Waals surface area contributed by atoms with Gasteiger partial charge in [-0.1, -0.05) is 17.7 Å². The minimum Gasteiger partial charge on any atom is -0.353 e. The van der Waals surface area contributed by atoms with Crippen molar-refractivity contribution in [3.8, 4) is 0 Å². The van der Waals surface area contributed by atoms with Crippen molar-refractivity contribution >= 4 is 23.3 Å². The molecule has 1 atom stereocenters. The van der Waals surface area contributed by atoms with Crippen LogP contribution < -0.4 is 10.2 Å². The first kappa shape index (κ1) is 16.6. The number of nitrogens with one attached hydrogen (secondary N) is 1. The fourth-order valence-corrected chi connectivity index (χ4v) is 3.13. The number of anilines is 1. The Morgan fingerprint density at radius 2 is 2.29 bits per heavy atom. The zero-order chi connectivity index (χ0) is 16.9. The predicted octanol–water partition coefficient (Wildman–Crippen LogP) is 2.60. The van der Waals surface area contributed by atoms with Gasteiger partial charge in [-0.15, -0.1) is 0 Å². The molecule has 0 radical (unpaired) electrons. The first-order valence-electron chi connectivity index (χ1n) is 7.86. The van der Waals surface area contributed by atoms with Gasteiger partial charge in [0, 0.05) is 42.1 Å². The molecule has 126 valence electrons. The molecular weight excluding hydrogens is 331 g/mol. The standard InChI is InChI=1S/C17H18ClFN4O/c18-14-4-1-5-15(19)13(14)9-17(24)22-12-3-2-8-23(11-12)16-10-20-6-7-21-16/h1,4-7,10,12H,2-3,8-9,11H2,(H,22,24). The van der Waals surface area contributed by atoms with Gasteiger partial charge in [0.1, 0.15) is 11.6 Å². The Morgan fingerprint density at radius 3 is 3.04 bits per heavy atom. The number of hydrogen-bond donors (Lipinski definition) is 1. The number of aromatic nitrogens is 2. The minimum absolute atomic E-state index is 0.00111. The van der Waals surface area contributed by atoms with Crippen LogP contribution in [0.5, 0.6) is 0 Å². The molecule has 2 heterocycles. The second-order valence-electron chi connectivity index (χ2n) is 5.79. The number of carbonyl (C=O) groups is 1. The van der Waals surface area contributed by atoms with E-state index in [2.05, 4.69) is 20.2 Å². The number of benzene rings is 1. The Balaban J connectivity index is 1.60. The fourth-order valence-electron chi connectivity index (χ4n) is 2.90. The lowest BCUT2D eigenvalue weighted by Gasteiger charge is -2.33. The highest BCUT2D eigenvalue weighted by atomic mass is 35.5. The summed E-state index contributed by atoms with van der Waals surface area (Å²) in [5.74, 6) is 0.115.